The van der Waals surface area contributed by atoms with Gasteiger partial charge >= 0.3 is 0 Å². The van der Waals surface area contributed by atoms with Gasteiger partial charge in [0.2, 0.25) is 0 Å². The number of hydrogen-bond acceptors (Lipinski definition) is 3. The maximum atomic E-state index is 11.7. The summed E-state index contributed by atoms with van der Waals surface area (Å²) in [5, 5.41) is 0. The molecule has 1 atom stereocenters. The molecular formula is C16H26N2O2S. The average Bonchev–Trinajstić information content (AvgIpc) is 2.65. The first-order valence-electron chi connectivity index (χ1n) is 7.85. The van der Waals surface area contributed by atoms with Crippen LogP contribution < -0.4 is 5.73 Å². The Bertz CT molecular complexity index is 644. The average molecular weight is 310 g/mol. The van der Waals surface area contributed by atoms with Crippen molar-refractivity contribution in [3.63, 3.8) is 0 Å². The minimum absolute atomic E-state index is 0.107. The van der Waals surface area contributed by atoms with E-state index in [9.17, 15) is 8.42 Å². The summed E-state index contributed by atoms with van der Waals surface area (Å²) in [4.78, 5) is 0. The number of nitrogens with two attached hydrogens (primary N) is 1. The van der Waals surface area contributed by atoms with Crippen molar-refractivity contribution >= 4 is 9.84 Å². The highest BCUT2D eigenvalue weighted by molar-refractivity contribution is 7.91. The molecule has 4 nitrogen and oxygen atoms in total. The van der Waals surface area contributed by atoms with Gasteiger partial charge in [-0.15, -0.1) is 0 Å². The molecule has 5 heteroatoms. The zero-order valence-electron chi connectivity index (χ0n) is 13.2. The topological polar surface area (TPSA) is 65.1 Å². The Kier molecular flexibility index (Phi) is 3.49. The molecule has 1 aliphatic carbocycles. The first kappa shape index (κ1) is 15.1. The fourth-order valence-corrected chi connectivity index (χ4v) is 5.58. The molecule has 2 heterocycles. The number of aryl methyl sites for hydroxylation is 1. The number of nitrogens with zero attached hydrogens (tertiary/aromatic N) is 1. The lowest BCUT2D eigenvalue weighted by atomic mass is 9.74. The van der Waals surface area contributed by atoms with Crippen molar-refractivity contribution < 1.29 is 8.42 Å². The van der Waals surface area contributed by atoms with Crippen LogP contribution in [0.25, 0.3) is 0 Å². The van der Waals surface area contributed by atoms with E-state index >= 15 is 0 Å². The van der Waals surface area contributed by atoms with Gasteiger partial charge in [0, 0.05) is 23.5 Å². The van der Waals surface area contributed by atoms with Crippen molar-refractivity contribution in [2.24, 2.45) is 11.1 Å². The normalized spacial score (nSPS) is 28.3. The van der Waals surface area contributed by atoms with Gasteiger partial charge in [0.1, 0.15) is 9.84 Å². The van der Waals surface area contributed by atoms with Crippen molar-refractivity contribution in [1.29, 1.82) is 0 Å². The summed E-state index contributed by atoms with van der Waals surface area (Å²) < 4.78 is 25.7. The van der Waals surface area contributed by atoms with E-state index in [-0.39, 0.29) is 11.5 Å². The first-order valence-corrected chi connectivity index (χ1v) is 9.67. The standard InChI is InChI=1S/C16H26N2O2S/c1-11-8-13-14(17)9-16(2,3)10-15(13)18(11)12-4-6-21(19,20)7-5-12/h8,12,14H,4-7,9-10,17H2,1-3H3. The number of sulfone groups is 1. The van der Waals surface area contributed by atoms with Gasteiger partial charge in [0.05, 0.1) is 11.5 Å². The lowest BCUT2D eigenvalue weighted by molar-refractivity contribution is 0.269. The van der Waals surface area contributed by atoms with Crippen LogP contribution in [0.1, 0.15) is 62.1 Å². The van der Waals surface area contributed by atoms with Crippen LogP contribution in [0.4, 0.5) is 0 Å². The summed E-state index contributed by atoms with van der Waals surface area (Å²) in [6, 6.07) is 2.65. The summed E-state index contributed by atoms with van der Waals surface area (Å²) in [6.07, 6.45) is 3.52. The molecule has 0 radical (unpaired) electrons. The summed E-state index contributed by atoms with van der Waals surface area (Å²) in [6.45, 7) is 6.67. The highest BCUT2D eigenvalue weighted by Crippen LogP contribution is 2.43. The molecule has 3 rings (SSSR count). The Labute approximate surface area is 127 Å². The second-order valence-electron chi connectivity index (χ2n) is 7.59. The molecule has 0 bridgehead atoms. The van der Waals surface area contributed by atoms with Gasteiger partial charge in [-0.05, 0) is 49.7 Å². The molecule has 1 aliphatic heterocycles. The van der Waals surface area contributed by atoms with Gasteiger partial charge in [-0.25, -0.2) is 8.42 Å². The van der Waals surface area contributed by atoms with Gasteiger partial charge in [0.15, 0.2) is 0 Å². The zero-order valence-corrected chi connectivity index (χ0v) is 14.0. The monoisotopic (exact) mass is 310 g/mol. The van der Waals surface area contributed by atoms with E-state index in [1.807, 2.05) is 0 Å². The van der Waals surface area contributed by atoms with E-state index in [0.29, 0.717) is 17.5 Å². The number of hydrogen-bond donors (Lipinski definition) is 1. The van der Waals surface area contributed by atoms with Crippen molar-refractivity contribution in [3.05, 3.63) is 23.0 Å². The van der Waals surface area contributed by atoms with E-state index in [2.05, 4.69) is 31.4 Å². The number of fused-ring (bicyclic) bond motifs is 1. The number of aromatic nitrogens is 1. The van der Waals surface area contributed by atoms with Crippen molar-refractivity contribution in [1.82, 2.24) is 4.57 Å². The fourth-order valence-electron chi connectivity index (χ4n) is 4.11. The molecule has 1 fully saturated rings. The highest BCUT2D eigenvalue weighted by atomic mass is 32.2. The summed E-state index contributed by atoms with van der Waals surface area (Å²) in [5.41, 5.74) is 10.4. The predicted octanol–water partition coefficient (Wildman–Crippen LogP) is 2.52. The molecule has 2 aliphatic rings. The van der Waals surface area contributed by atoms with Crippen LogP contribution in [0, 0.1) is 12.3 Å². The molecule has 2 N–H and O–H groups in total. The minimum Gasteiger partial charge on any atom is -0.345 e. The van der Waals surface area contributed by atoms with Crippen molar-refractivity contribution in [3.8, 4) is 0 Å². The van der Waals surface area contributed by atoms with Crippen molar-refractivity contribution in [2.75, 3.05) is 11.5 Å². The van der Waals surface area contributed by atoms with Crippen LogP contribution >= 0.6 is 0 Å². The number of rotatable bonds is 1. The predicted molar refractivity (Wildman–Crippen MR) is 85.1 cm³/mol. The van der Waals surface area contributed by atoms with Gasteiger partial charge in [-0.3, -0.25) is 0 Å². The Morgan fingerprint density at radius 1 is 1.29 bits per heavy atom. The fraction of sp³-hybridized carbons (Fsp3) is 0.750. The summed E-state index contributed by atoms with van der Waals surface area (Å²) in [7, 11) is -2.81. The third-order valence-electron chi connectivity index (χ3n) is 5.08. The molecule has 0 aromatic carbocycles. The molecule has 0 amide bonds. The molecule has 0 saturated carbocycles. The van der Waals surface area contributed by atoms with E-state index in [0.717, 1.165) is 25.7 Å². The Hall–Kier alpha value is -0.810. The molecule has 1 aromatic heterocycles. The van der Waals surface area contributed by atoms with Gasteiger partial charge in [-0.2, -0.15) is 0 Å². The Balaban J connectivity index is 1.97. The molecule has 1 saturated heterocycles. The van der Waals surface area contributed by atoms with Gasteiger partial charge in [0.25, 0.3) is 0 Å². The lowest BCUT2D eigenvalue weighted by Gasteiger charge is -2.36. The molecule has 1 aromatic rings. The van der Waals surface area contributed by atoms with Crippen LogP contribution in [0.2, 0.25) is 0 Å². The zero-order chi connectivity index (χ0) is 15.4. The maximum Gasteiger partial charge on any atom is 0.150 e. The van der Waals surface area contributed by atoms with E-state index in [1.165, 1.54) is 17.0 Å². The lowest BCUT2D eigenvalue weighted by Crippen LogP contribution is -2.32. The second kappa shape index (κ2) is 4.85. The molecule has 1 unspecified atom stereocenters. The molecular weight excluding hydrogens is 284 g/mol. The van der Waals surface area contributed by atoms with E-state index in [4.69, 9.17) is 5.73 Å². The van der Waals surface area contributed by atoms with Crippen molar-refractivity contribution in [2.45, 2.75) is 58.5 Å². The summed E-state index contributed by atoms with van der Waals surface area (Å²) in [5.74, 6) is 0.638. The Morgan fingerprint density at radius 3 is 2.52 bits per heavy atom. The summed E-state index contributed by atoms with van der Waals surface area (Å²) >= 11 is 0. The smallest absolute Gasteiger partial charge is 0.150 e. The maximum absolute atomic E-state index is 11.7. The van der Waals surface area contributed by atoms with Crippen LogP contribution in [0.15, 0.2) is 6.07 Å². The van der Waals surface area contributed by atoms with Crippen LogP contribution in [0.5, 0.6) is 0 Å². The SMILES string of the molecule is Cc1cc2c(n1C1CCS(=O)(=O)CC1)CC(C)(C)CC2N. The third kappa shape index (κ3) is 2.78. The van der Waals surface area contributed by atoms with Crippen LogP contribution in [0.3, 0.4) is 0 Å². The molecule has 0 spiro atoms. The highest BCUT2D eigenvalue weighted by Gasteiger charge is 2.35. The molecule has 118 valence electrons. The van der Waals surface area contributed by atoms with E-state index < -0.39 is 9.84 Å². The van der Waals surface area contributed by atoms with E-state index in [1.54, 1.807) is 0 Å². The molecule has 21 heavy (non-hydrogen) atoms. The van der Waals surface area contributed by atoms with Gasteiger partial charge < -0.3 is 10.3 Å². The largest absolute Gasteiger partial charge is 0.345 e. The quantitative estimate of drug-likeness (QED) is 0.867. The van der Waals surface area contributed by atoms with Crippen LogP contribution in [-0.4, -0.2) is 24.5 Å². The second-order valence-corrected chi connectivity index (χ2v) is 9.90. The van der Waals surface area contributed by atoms with Gasteiger partial charge in [-0.1, -0.05) is 13.8 Å². The van der Waals surface area contributed by atoms with Crippen LogP contribution in [-0.2, 0) is 16.3 Å². The minimum atomic E-state index is -2.81. The first-order chi connectivity index (χ1) is 9.69. The Morgan fingerprint density at radius 2 is 1.90 bits per heavy atom. The third-order valence-corrected chi connectivity index (χ3v) is 6.79.